The molecular weight excluding hydrogens is 182 g/mol. The maximum absolute atomic E-state index is 11.2. The summed E-state index contributed by atoms with van der Waals surface area (Å²) >= 11 is 0. The zero-order valence-electron chi connectivity index (χ0n) is 7.65. The Morgan fingerprint density at radius 2 is 2.07 bits per heavy atom. The highest BCUT2D eigenvalue weighted by Crippen LogP contribution is 2.08. The molecule has 4 nitrogen and oxygen atoms in total. The van der Waals surface area contributed by atoms with E-state index in [4.69, 9.17) is 10.4 Å². The minimum Gasteiger partial charge on any atom is -0.478 e. The molecule has 0 aliphatic heterocycles. The van der Waals surface area contributed by atoms with E-state index in [1.165, 1.54) is 6.92 Å². The summed E-state index contributed by atoms with van der Waals surface area (Å²) in [5.41, 5.74) is -0.143. The molecule has 14 heavy (non-hydrogen) atoms. The van der Waals surface area contributed by atoms with E-state index in [-0.39, 0.29) is 11.1 Å². The van der Waals surface area contributed by atoms with Crippen LogP contribution in [0.3, 0.4) is 0 Å². The summed E-state index contributed by atoms with van der Waals surface area (Å²) < 4.78 is 0. The van der Waals surface area contributed by atoms with Gasteiger partial charge in [0.2, 0.25) is 0 Å². The molecule has 0 saturated heterocycles. The molecule has 0 aliphatic carbocycles. The molecule has 0 radical (unpaired) electrons. The van der Waals surface area contributed by atoms with Gasteiger partial charge in [-0.25, -0.2) is 4.79 Å². The maximum Gasteiger partial charge on any atom is 0.332 e. The average Bonchev–Trinajstić information content (AvgIpc) is 2.17. The number of rotatable bonds is 4. The Labute approximate surface area is 81.5 Å². The van der Waals surface area contributed by atoms with E-state index in [0.29, 0.717) is 0 Å². The number of hydrogen-bond acceptors (Lipinski definition) is 3. The van der Waals surface area contributed by atoms with Gasteiger partial charge < -0.3 is 5.11 Å². The van der Waals surface area contributed by atoms with Gasteiger partial charge in [0.15, 0.2) is 5.78 Å². The molecule has 0 spiro atoms. The van der Waals surface area contributed by atoms with Crippen LogP contribution in [0.4, 0.5) is 0 Å². The van der Waals surface area contributed by atoms with Gasteiger partial charge in [0.05, 0.1) is 6.07 Å². The van der Waals surface area contributed by atoms with E-state index in [1.807, 2.05) is 0 Å². The molecule has 0 fully saturated rings. The van der Waals surface area contributed by atoms with Gasteiger partial charge >= 0.3 is 5.97 Å². The first-order chi connectivity index (χ1) is 6.54. The van der Waals surface area contributed by atoms with Crippen molar-refractivity contribution in [3.63, 3.8) is 0 Å². The fourth-order valence-corrected chi connectivity index (χ4v) is 0.738. The molecule has 72 valence electrons. The van der Waals surface area contributed by atoms with Crippen molar-refractivity contribution in [1.82, 2.24) is 0 Å². The number of carboxylic acid groups (broad SMARTS) is 1. The summed E-state index contributed by atoms with van der Waals surface area (Å²) in [6.45, 7) is 4.53. The van der Waals surface area contributed by atoms with E-state index in [1.54, 1.807) is 6.07 Å². The molecule has 0 unspecified atom stereocenters. The Hall–Kier alpha value is -2.15. The lowest BCUT2D eigenvalue weighted by molar-refractivity contribution is -0.132. The minimum atomic E-state index is -1.20. The molecule has 0 aromatic rings. The second-order valence-electron chi connectivity index (χ2n) is 2.37. The van der Waals surface area contributed by atoms with Crippen molar-refractivity contribution in [2.45, 2.75) is 6.92 Å². The van der Waals surface area contributed by atoms with Crippen molar-refractivity contribution in [2.75, 3.05) is 0 Å². The third-order valence-corrected chi connectivity index (χ3v) is 1.50. The van der Waals surface area contributed by atoms with Crippen LogP contribution < -0.4 is 0 Å². The fourth-order valence-electron chi connectivity index (χ4n) is 0.738. The van der Waals surface area contributed by atoms with Gasteiger partial charge in [-0.1, -0.05) is 6.58 Å². The predicted octanol–water partition coefficient (Wildman–Crippen LogP) is 1.22. The Morgan fingerprint density at radius 3 is 2.43 bits per heavy atom. The molecule has 0 aromatic carbocycles. The Morgan fingerprint density at radius 1 is 1.50 bits per heavy atom. The number of carbonyl (C=O) groups excluding carboxylic acids is 1. The van der Waals surface area contributed by atoms with Crippen LogP contribution in [0.25, 0.3) is 0 Å². The zero-order chi connectivity index (χ0) is 11.1. The molecule has 0 aliphatic rings. The second-order valence-corrected chi connectivity index (χ2v) is 2.37. The lowest BCUT2D eigenvalue weighted by Crippen LogP contribution is -2.06. The monoisotopic (exact) mass is 191 g/mol. The van der Waals surface area contributed by atoms with E-state index in [9.17, 15) is 9.59 Å². The van der Waals surface area contributed by atoms with Crippen molar-refractivity contribution in [1.29, 1.82) is 5.26 Å². The van der Waals surface area contributed by atoms with Crippen molar-refractivity contribution < 1.29 is 14.7 Å². The summed E-state index contributed by atoms with van der Waals surface area (Å²) in [4.78, 5) is 21.7. The van der Waals surface area contributed by atoms with Gasteiger partial charge in [0, 0.05) is 17.2 Å². The van der Waals surface area contributed by atoms with Gasteiger partial charge in [-0.15, -0.1) is 0 Å². The highest BCUT2D eigenvalue weighted by atomic mass is 16.4. The van der Waals surface area contributed by atoms with Crippen LogP contribution in [0.2, 0.25) is 0 Å². The number of carbonyl (C=O) groups is 2. The van der Waals surface area contributed by atoms with Crippen molar-refractivity contribution in [3.8, 4) is 6.07 Å². The normalized spacial score (nSPS) is 11.7. The van der Waals surface area contributed by atoms with Crippen molar-refractivity contribution in [3.05, 3.63) is 36.0 Å². The van der Waals surface area contributed by atoms with E-state index in [0.717, 1.165) is 18.2 Å². The number of allylic oxidation sites excluding steroid dienone is 4. The topological polar surface area (TPSA) is 78.2 Å². The van der Waals surface area contributed by atoms with Crippen LogP contribution in [0.1, 0.15) is 6.92 Å². The minimum absolute atomic E-state index is 0.0333. The third-order valence-electron chi connectivity index (χ3n) is 1.50. The largest absolute Gasteiger partial charge is 0.478 e. The van der Waals surface area contributed by atoms with Gasteiger partial charge in [-0.3, -0.25) is 4.79 Å². The Bertz CT molecular complexity index is 369. The van der Waals surface area contributed by atoms with Gasteiger partial charge in [-0.2, -0.15) is 5.26 Å². The lowest BCUT2D eigenvalue weighted by Gasteiger charge is -1.99. The predicted molar refractivity (Wildman–Crippen MR) is 50.3 cm³/mol. The molecule has 0 bridgehead atoms. The number of nitrogens with zero attached hydrogens (tertiary/aromatic N) is 1. The van der Waals surface area contributed by atoms with E-state index >= 15 is 0 Å². The summed E-state index contributed by atoms with van der Waals surface area (Å²) in [5.74, 6) is -1.71. The third kappa shape index (κ3) is 3.07. The number of aliphatic carboxylic acids is 1. The first-order valence-corrected chi connectivity index (χ1v) is 3.71. The highest BCUT2D eigenvalue weighted by Gasteiger charge is 2.11. The average molecular weight is 191 g/mol. The van der Waals surface area contributed by atoms with E-state index < -0.39 is 11.8 Å². The summed E-state index contributed by atoms with van der Waals surface area (Å²) in [5, 5.41) is 16.9. The van der Waals surface area contributed by atoms with Crippen molar-refractivity contribution >= 4 is 11.8 Å². The summed E-state index contributed by atoms with van der Waals surface area (Å²) in [6, 6.07) is 1.68. The van der Waals surface area contributed by atoms with Crippen LogP contribution in [-0.2, 0) is 9.59 Å². The number of hydrogen-bond donors (Lipinski definition) is 1. The molecule has 0 saturated carbocycles. The number of carboxylic acids is 1. The summed E-state index contributed by atoms with van der Waals surface area (Å²) in [7, 11) is 0. The molecule has 0 rings (SSSR count). The Kier molecular flexibility index (Phi) is 4.65. The van der Waals surface area contributed by atoms with Gasteiger partial charge in [-0.05, 0) is 19.1 Å². The van der Waals surface area contributed by atoms with Crippen molar-refractivity contribution in [2.24, 2.45) is 0 Å². The first kappa shape index (κ1) is 11.8. The van der Waals surface area contributed by atoms with Gasteiger partial charge in [0.25, 0.3) is 0 Å². The smallest absolute Gasteiger partial charge is 0.332 e. The highest BCUT2D eigenvalue weighted by molar-refractivity contribution is 6.10. The van der Waals surface area contributed by atoms with Crippen LogP contribution in [-0.4, -0.2) is 16.9 Å². The van der Waals surface area contributed by atoms with Crippen LogP contribution in [0.15, 0.2) is 36.0 Å². The van der Waals surface area contributed by atoms with Crippen LogP contribution in [0, 0.1) is 11.3 Å². The molecule has 1 N–H and O–H groups in total. The molecule has 0 aromatic heterocycles. The maximum atomic E-state index is 11.2. The van der Waals surface area contributed by atoms with Crippen LogP contribution in [0.5, 0.6) is 0 Å². The lowest BCUT2D eigenvalue weighted by atomic mass is 10.0. The van der Waals surface area contributed by atoms with Gasteiger partial charge in [0.1, 0.15) is 0 Å². The molecular formula is C10H9NO3. The zero-order valence-corrected chi connectivity index (χ0v) is 7.65. The SMILES string of the molecule is C=CC(=O)C(C=CC#N)=C(C)C(=O)O. The van der Waals surface area contributed by atoms with Crippen LogP contribution >= 0.6 is 0 Å². The van der Waals surface area contributed by atoms with E-state index in [2.05, 4.69) is 6.58 Å². The molecule has 4 heteroatoms. The summed E-state index contributed by atoms with van der Waals surface area (Å²) in [6.07, 6.45) is 3.21. The standard InChI is InChI=1S/C10H9NO3/c1-3-9(12)8(5-4-6-11)7(2)10(13)14/h3-5H,1H2,2H3,(H,13,14). The number of ketones is 1. The molecule has 0 heterocycles. The quantitative estimate of drug-likeness (QED) is 0.411. The Balaban J connectivity index is 5.32. The number of nitriles is 1. The second kappa shape index (κ2) is 5.49. The molecule has 0 atom stereocenters. The molecule has 0 amide bonds. The first-order valence-electron chi connectivity index (χ1n) is 3.71. The fraction of sp³-hybridized carbons (Fsp3) is 0.100.